The molecule has 0 radical (unpaired) electrons. The van der Waals surface area contributed by atoms with Gasteiger partial charge in [-0.3, -0.25) is 9.59 Å². The maximum atomic E-state index is 14.2. The average molecular weight is 545 g/mol. The number of aliphatic hydroxyl groups is 1. The number of hydrogen-bond donors (Lipinski definition) is 4. The molecule has 39 heavy (non-hydrogen) atoms. The monoisotopic (exact) mass is 544 g/mol. The molecule has 6 heteroatoms. The lowest BCUT2D eigenvalue weighted by Gasteiger charge is -2.70. The zero-order valence-corrected chi connectivity index (χ0v) is 25.7. The van der Waals surface area contributed by atoms with E-state index in [0.717, 1.165) is 70.9 Å². The Kier molecular flexibility index (Phi) is 7.83. The van der Waals surface area contributed by atoms with Crippen molar-refractivity contribution in [2.24, 2.45) is 61.7 Å². The van der Waals surface area contributed by atoms with Crippen LogP contribution < -0.4 is 11.5 Å². The predicted molar refractivity (Wildman–Crippen MR) is 156 cm³/mol. The molecule has 0 aromatic heterocycles. The van der Waals surface area contributed by atoms with Gasteiger partial charge in [-0.25, -0.2) is 0 Å². The van der Waals surface area contributed by atoms with Crippen LogP contribution in [0.4, 0.5) is 0 Å². The molecule has 0 aromatic carbocycles. The maximum absolute atomic E-state index is 14.2. The second-order valence-corrected chi connectivity index (χ2v) is 15.9. The van der Waals surface area contributed by atoms with Crippen LogP contribution in [0.3, 0.4) is 0 Å². The van der Waals surface area contributed by atoms with Crippen LogP contribution >= 0.6 is 0 Å². The number of nitrogens with two attached hydrogens (primary N) is 2. The van der Waals surface area contributed by atoms with E-state index in [2.05, 4.69) is 41.5 Å². The summed E-state index contributed by atoms with van der Waals surface area (Å²) < 4.78 is 0. The summed E-state index contributed by atoms with van der Waals surface area (Å²) in [5.74, 6) is 0.0603. The van der Waals surface area contributed by atoms with Gasteiger partial charge in [-0.15, -0.1) is 0 Å². The Morgan fingerprint density at radius 3 is 2.10 bits per heavy atom. The van der Waals surface area contributed by atoms with Gasteiger partial charge in [-0.05, 0) is 129 Å². The Morgan fingerprint density at radius 1 is 0.923 bits per heavy atom. The first kappa shape index (κ1) is 30.7. The van der Waals surface area contributed by atoms with Crippen molar-refractivity contribution >= 4 is 11.8 Å². The summed E-state index contributed by atoms with van der Waals surface area (Å²) in [5.41, 5.74) is 10.3. The molecule has 6 N–H and O–H groups in total. The van der Waals surface area contributed by atoms with E-state index in [9.17, 15) is 19.8 Å². The third-order valence-electron chi connectivity index (χ3n) is 13.5. The van der Waals surface area contributed by atoms with Gasteiger partial charge in [-0.1, -0.05) is 47.1 Å². The van der Waals surface area contributed by atoms with Gasteiger partial charge in [0.05, 0.1) is 11.5 Å². The second-order valence-electron chi connectivity index (χ2n) is 15.9. The molecule has 4 fully saturated rings. The largest absolute Gasteiger partial charge is 0.481 e. The van der Waals surface area contributed by atoms with Crippen LogP contribution in [0.5, 0.6) is 0 Å². The van der Waals surface area contributed by atoms with Crippen LogP contribution in [-0.4, -0.2) is 41.2 Å². The molecule has 5 aliphatic carbocycles. The molecule has 0 amide bonds. The van der Waals surface area contributed by atoms with Crippen LogP contribution in [-0.2, 0) is 9.59 Å². The number of aliphatic hydroxyl groups excluding tert-OH is 1. The summed E-state index contributed by atoms with van der Waals surface area (Å²) in [6.07, 6.45) is 10.9. The number of hydrogen-bond acceptors (Lipinski definition) is 5. The summed E-state index contributed by atoms with van der Waals surface area (Å²) in [7, 11) is 0. The molecule has 0 aliphatic heterocycles. The quantitative estimate of drug-likeness (QED) is 0.361. The molecule has 0 aromatic rings. The first-order valence-corrected chi connectivity index (χ1v) is 15.5. The summed E-state index contributed by atoms with van der Waals surface area (Å²) in [6, 6.07) is 0. The normalized spacial score (nSPS) is 48.3. The van der Waals surface area contributed by atoms with Gasteiger partial charge in [0.1, 0.15) is 0 Å². The van der Waals surface area contributed by atoms with Gasteiger partial charge in [-0.2, -0.15) is 0 Å². The van der Waals surface area contributed by atoms with E-state index in [1.165, 1.54) is 5.57 Å². The fraction of sp³-hybridized carbons (Fsp3) is 0.879. The Labute approximate surface area is 236 Å². The number of carbonyl (C=O) groups excluding carboxylic acids is 1. The zero-order valence-electron chi connectivity index (χ0n) is 25.7. The Balaban J connectivity index is 0.000000648. The number of carboxylic acids is 1. The van der Waals surface area contributed by atoms with E-state index < -0.39 is 11.4 Å². The van der Waals surface area contributed by atoms with Crippen molar-refractivity contribution in [3.8, 4) is 0 Å². The van der Waals surface area contributed by atoms with Crippen LogP contribution in [0.2, 0.25) is 0 Å². The average Bonchev–Trinajstić information content (AvgIpc) is 2.85. The first-order chi connectivity index (χ1) is 18.0. The van der Waals surface area contributed by atoms with Crippen LogP contribution in [0.15, 0.2) is 11.6 Å². The Bertz CT molecular complexity index is 1020. The highest BCUT2D eigenvalue weighted by Gasteiger charge is 2.70. The predicted octanol–water partition coefficient (Wildman–Crippen LogP) is 5.71. The lowest BCUT2D eigenvalue weighted by molar-refractivity contribution is -0.202. The number of allylic oxidation sites excluding steroid dienone is 2. The van der Waals surface area contributed by atoms with E-state index in [4.69, 9.17) is 11.5 Å². The molecule has 0 saturated heterocycles. The summed E-state index contributed by atoms with van der Waals surface area (Å²) >= 11 is 0. The number of rotatable bonds is 3. The van der Waals surface area contributed by atoms with Crippen LogP contribution in [0, 0.1) is 50.2 Å². The SMILES string of the molecule is CC1(C)[C@@H](O)CC[C@]2(C)[C@H]3C(=O)C=C4[C@@H]5C[C@@](C)(C(=O)O)CC[C@]5(C)CC[C@@]4(C)[C@]3(C)CC[C@@H]12.NCCCN. The van der Waals surface area contributed by atoms with Crippen molar-refractivity contribution in [1.82, 2.24) is 0 Å². The number of ketones is 1. The lowest BCUT2D eigenvalue weighted by atomic mass is 9.33. The van der Waals surface area contributed by atoms with Gasteiger partial charge < -0.3 is 21.7 Å². The van der Waals surface area contributed by atoms with Crippen LogP contribution in [0.25, 0.3) is 0 Å². The standard InChI is InChI=1S/C30H46O4.C3H10N2/c1-25(2)21-8-11-30(7)23(28(21,5)10-9-22(25)32)20(31)16-18-19-17-27(4,24(33)34)13-12-26(19,3)14-15-29(18,30)6;4-2-1-3-5/h16,19,21-23,32H,8-15,17H2,1-7H3,(H,33,34);1-5H2/t19-,21-,22-,23+,26+,27-,28-,29+,30+;/m0./s1. The molecule has 0 unspecified atom stereocenters. The molecule has 5 rings (SSSR count). The van der Waals surface area contributed by atoms with Gasteiger partial charge in [0, 0.05) is 5.92 Å². The number of fused-ring (bicyclic) bond motifs is 7. The van der Waals surface area contributed by atoms with E-state index in [1.807, 2.05) is 13.0 Å². The fourth-order valence-electron chi connectivity index (χ4n) is 10.5. The molecule has 0 heterocycles. The number of aliphatic carboxylic acids is 1. The summed E-state index contributed by atoms with van der Waals surface area (Å²) in [4.78, 5) is 26.4. The molecule has 6 nitrogen and oxygen atoms in total. The topological polar surface area (TPSA) is 127 Å². The molecule has 222 valence electrons. The molecule has 9 atom stereocenters. The van der Waals surface area contributed by atoms with E-state index in [1.54, 1.807) is 0 Å². The van der Waals surface area contributed by atoms with Crippen molar-refractivity contribution in [2.45, 2.75) is 119 Å². The molecule has 0 bridgehead atoms. The Morgan fingerprint density at radius 2 is 1.54 bits per heavy atom. The van der Waals surface area contributed by atoms with Crippen molar-refractivity contribution in [3.05, 3.63) is 11.6 Å². The molecule has 4 saturated carbocycles. The molecular weight excluding hydrogens is 488 g/mol. The first-order valence-electron chi connectivity index (χ1n) is 15.5. The number of carboxylic acid groups (broad SMARTS) is 1. The molecule has 0 spiro atoms. The highest BCUT2D eigenvalue weighted by molar-refractivity contribution is 5.95. The molecule has 5 aliphatic rings. The zero-order chi connectivity index (χ0) is 29.2. The van der Waals surface area contributed by atoms with Crippen molar-refractivity contribution in [3.63, 3.8) is 0 Å². The fourth-order valence-corrected chi connectivity index (χ4v) is 10.5. The Hall–Kier alpha value is -1.24. The summed E-state index contributed by atoms with van der Waals surface area (Å²) in [5, 5.41) is 20.9. The second kappa shape index (κ2) is 9.94. The third kappa shape index (κ3) is 4.37. The smallest absolute Gasteiger partial charge is 0.309 e. The van der Waals surface area contributed by atoms with E-state index >= 15 is 0 Å². The van der Waals surface area contributed by atoms with Gasteiger partial charge in [0.15, 0.2) is 5.78 Å². The molecular formula is C33H56N2O4. The minimum Gasteiger partial charge on any atom is -0.481 e. The van der Waals surface area contributed by atoms with Crippen molar-refractivity contribution < 1.29 is 19.8 Å². The number of carbonyl (C=O) groups is 2. The maximum Gasteiger partial charge on any atom is 0.309 e. The van der Waals surface area contributed by atoms with Crippen molar-refractivity contribution in [1.29, 1.82) is 0 Å². The van der Waals surface area contributed by atoms with Gasteiger partial charge in [0.25, 0.3) is 0 Å². The highest BCUT2D eigenvalue weighted by atomic mass is 16.4. The van der Waals surface area contributed by atoms with E-state index in [0.29, 0.717) is 12.3 Å². The third-order valence-corrected chi connectivity index (χ3v) is 13.5. The van der Waals surface area contributed by atoms with Gasteiger partial charge in [0.2, 0.25) is 0 Å². The highest BCUT2D eigenvalue weighted by Crippen LogP contribution is 2.75. The minimum absolute atomic E-state index is 0.0296. The van der Waals surface area contributed by atoms with E-state index in [-0.39, 0.29) is 50.8 Å². The summed E-state index contributed by atoms with van der Waals surface area (Å²) in [6.45, 7) is 17.3. The van der Waals surface area contributed by atoms with Crippen molar-refractivity contribution in [2.75, 3.05) is 13.1 Å². The van der Waals surface area contributed by atoms with Crippen LogP contribution in [0.1, 0.15) is 113 Å². The lowest BCUT2D eigenvalue weighted by Crippen LogP contribution is -2.66. The van der Waals surface area contributed by atoms with Gasteiger partial charge >= 0.3 is 5.97 Å². The minimum atomic E-state index is -0.711.